The molecular weight excluding hydrogens is 398 g/mol. The van der Waals surface area contributed by atoms with E-state index in [1.807, 2.05) is 42.5 Å². The highest BCUT2D eigenvalue weighted by atomic mass is 79.9. The van der Waals surface area contributed by atoms with Crippen molar-refractivity contribution in [3.63, 3.8) is 0 Å². The van der Waals surface area contributed by atoms with E-state index in [0.29, 0.717) is 5.75 Å². The molecule has 0 aliphatic rings. The second-order valence-corrected chi connectivity index (χ2v) is 6.24. The van der Waals surface area contributed by atoms with E-state index in [9.17, 15) is 4.79 Å². The molecule has 1 amide bonds. The standard InChI is InChI=1S/C16H15Br2NO2/c1-2-11-6-7-15(14(18)8-11)21-10-16(20)19-13-5-3-4-12(17)9-13/h3-9H,2,10H2,1H3,(H,19,20). The van der Waals surface area contributed by atoms with Gasteiger partial charge in [-0.25, -0.2) is 0 Å². The van der Waals surface area contributed by atoms with Crippen LogP contribution in [0, 0.1) is 0 Å². The third kappa shape index (κ3) is 4.86. The molecule has 0 aromatic heterocycles. The van der Waals surface area contributed by atoms with Gasteiger partial charge in [-0.15, -0.1) is 0 Å². The lowest BCUT2D eigenvalue weighted by Gasteiger charge is -2.10. The van der Waals surface area contributed by atoms with Crippen LogP contribution >= 0.6 is 31.9 Å². The number of hydrogen-bond donors (Lipinski definition) is 1. The Balaban J connectivity index is 1.92. The van der Waals surface area contributed by atoms with Crippen molar-refractivity contribution in [2.45, 2.75) is 13.3 Å². The van der Waals surface area contributed by atoms with Crippen LogP contribution in [-0.2, 0) is 11.2 Å². The number of hydrogen-bond acceptors (Lipinski definition) is 2. The fourth-order valence-corrected chi connectivity index (χ4v) is 2.73. The number of rotatable bonds is 5. The average Bonchev–Trinajstić information content (AvgIpc) is 2.46. The number of halogens is 2. The van der Waals surface area contributed by atoms with E-state index < -0.39 is 0 Å². The first kappa shape index (κ1) is 16.0. The van der Waals surface area contributed by atoms with Crippen LogP contribution in [0.4, 0.5) is 5.69 Å². The normalized spacial score (nSPS) is 10.2. The smallest absolute Gasteiger partial charge is 0.262 e. The van der Waals surface area contributed by atoms with Gasteiger partial charge in [0, 0.05) is 10.2 Å². The van der Waals surface area contributed by atoms with E-state index in [2.05, 4.69) is 44.1 Å². The average molecular weight is 413 g/mol. The molecule has 0 aliphatic heterocycles. The number of benzene rings is 2. The Morgan fingerprint density at radius 2 is 2.00 bits per heavy atom. The van der Waals surface area contributed by atoms with E-state index in [0.717, 1.165) is 21.1 Å². The minimum absolute atomic E-state index is 0.0312. The lowest BCUT2D eigenvalue weighted by molar-refractivity contribution is -0.118. The summed E-state index contributed by atoms with van der Waals surface area (Å²) < 4.78 is 7.30. The van der Waals surface area contributed by atoms with Crippen LogP contribution in [0.3, 0.4) is 0 Å². The van der Waals surface area contributed by atoms with Gasteiger partial charge in [-0.2, -0.15) is 0 Å². The number of carbonyl (C=O) groups excluding carboxylic acids is 1. The fraction of sp³-hybridized carbons (Fsp3) is 0.188. The maximum Gasteiger partial charge on any atom is 0.262 e. The first-order chi connectivity index (χ1) is 10.1. The summed E-state index contributed by atoms with van der Waals surface area (Å²) in [6.07, 6.45) is 0.961. The molecule has 21 heavy (non-hydrogen) atoms. The summed E-state index contributed by atoms with van der Waals surface area (Å²) in [4.78, 5) is 11.9. The summed E-state index contributed by atoms with van der Waals surface area (Å²) >= 11 is 6.81. The van der Waals surface area contributed by atoms with Gasteiger partial charge < -0.3 is 10.1 Å². The molecule has 0 saturated carbocycles. The van der Waals surface area contributed by atoms with Crippen molar-refractivity contribution in [1.82, 2.24) is 0 Å². The maximum absolute atomic E-state index is 11.9. The predicted molar refractivity (Wildman–Crippen MR) is 91.8 cm³/mol. The highest BCUT2D eigenvalue weighted by Crippen LogP contribution is 2.26. The molecule has 0 fully saturated rings. The van der Waals surface area contributed by atoms with E-state index in [-0.39, 0.29) is 12.5 Å². The summed E-state index contributed by atoms with van der Waals surface area (Å²) in [6, 6.07) is 13.3. The van der Waals surface area contributed by atoms with E-state index in [1.54, 1.807) is 0 Å². The van der Waals surface area contributed by atoms with E-state index in [1.165, 1.54) is 5.56 Å². The Bertz CT molecular complexity index is 644. The number of carbonyl (C=O) groups is 1. The topological polar surface area (TPSA) is 38.3 Å². The summed E-state index contributed by atoms with van der Waals surface area (Å²) in [5.74, 6) is 0.469. The number of anilines is 1. The van der Waals surface area contributed by atoms with Crippen LogP contribution in [0.15, 0.2) is 51.4 Å². The fourth-order valence-electron chi connectivity index (χ4n) is 1.79. The Labute approximate surface area is 141 Å². The highest BCUT2D eigenvalue weighted by Gasteiger charge is 2.07. The molecule has 0 saturated heterocycles. The minimum Gasteiger partial charge on any atom is -0.483 e. The Morgan fingerprint density at radius 3 is 2.67 bits per heavy atom. The minimum atomic E-state index is -0.195. The molecule has 5 heteroatoms. The van der Waals surface area contributed by atoms with E-state index in [4.69, 9.17) is 4.74 Å². The molecular formula is C16H15Br2NO2. The van der Waals surface area contributed by atoms with Gasteiger partial charge in [0.1, 0.15) is 5.75 Å². The molecule has 0 spiro atoms. The summed E-state index contributed by atoms with van der Waals surface area (Å²) in [7, 11) is 0. The molecule has 0 radical (unpaired) electrons. The summed E-state index contributed by atoms with van der Waals surface area (Å²) in [5.41, 5.74) is 1.95. The van der Waals surface area contributed by atoms with E-state index >= 15 is 0 Å². The zero-order valence-corrected chi connectivity index (χ0v) is 14.7. The molecule has 2 aromatic carbocycles. The van der Waals surface area contributed by atoms with Crippen molar-refractivity contribution in [1.29, 1.82) is 0 Å². The van der Waals surface area contributed by atoms with Crippen LogP contribution in [0.5, 0.6) is 5.75 Å². The summed E-state index contributed by atoms with van der Waals surface area (Å²) in [5, 5.41) is 2.79. The van der Waals surface area contributed by atoms with Gasteiger partial charge >= 0.3 is 0 Å². The largest absolute Gasteiger partial charge is 0.483 e. The van der Waals surface area contributed by atoms with Gasteiger partial charge in [-0.1, -0.05) is 35.0 Å². The zero-order valence-electron chi connectivity index (χ0n) is 11.5. The van der Waals surface area contributed by atoms with Gasteiger partial charge in [0.25, 0.3) is 5.91 Å². The molecule has 2 rings (SSSR count). The van der Waals surface area contributed by atoms with Gasteiger partial charge in [0.15, 0.2) is 6.61 Å². The van der Waals surface area contributed by atoms with Gasteiger partial charge in [-0.05, 0) is 58.2 Å². The van der Waals surface area contributed by atoms with Crippen molar-refractivity contribution in [3.05, 3.63) is 57.0 Å². The Morgan fingerprint density at radius 1 is 1.19 bits per heavy atom. The lowest BCUT2D eigenvalue weighted by Crippen LogP contribution is -2.20. The number of aryl methyl sites for hydroxylation is 1. The molecule has 0 atom stereocenters. The molecule has 0 unspecified atom stereocenters. The molecule has 3 nitrogen and oxygen atoms in total. The van der Waals surface area contributed by atoms with Crippen molar-refractivity contribution in [3.8, 4) is 5.75 Å². The second-order valence-electron chi connectivity index (χ2n) is 4.47. The third-order valence-corrected chi connectivity index (χ3v) is 3.98. The summed E-state index contributed by atoms with van der Waals surface area (Å²) in [6.45, 7) is 2.06. The quantitative estimate of drug-likeness (QED) is 0.766. The molecule has 110 valence electrons. The van der Waals surface area contributed by atoms with Gasteiger partial charge in [0.2, 0.25) is 0 Å². The maximum atomic E-state index is 11.9. The van der Waals surface area contributed by atoms with Crippen LogP contribution in [0.1, 0.15) is 12.5 Å². The molecule has 0 heterocycles. The van der Waals surface area contributed by atoms with Crippen molar-refractivity contribution in [2.75, 3.05) is 11.9 Å². The van der Waals surface area contributed by atoms with Gasteiger partial charge in [0.05, 0.1) is 4.47 Å². The lowest BCUT2D eigenvalue weighted by atomic mass is 10.2. The van der Waals surface area contributed by atoms with Crippen molar-refractivity contribution >= 4 is 43.5 Å². The SMILES string of the molecule is CCc1ccc(OCC(=O)Nc2cccc(Br)c2)c(Br)c1. The number of nitrogens with one attached hydrogen (secondary N) is 1. The van der Waals surface area contributed by atoms with Crippen LogP contribution in [-0.4, -0.2) is 12.5 Å². The molecule has 1 N–H and O–H groups in total. The first-order valence-corrected chi connectivity index (χ1v) is 8.13. The monoisotopic (exact) mass is 411 g/mol. The number of ether oxygens (including phenoxy) is 1. The Kier molecular flexibility index (Phi) is 5.82. The zero-order chi connectivity index (χ0) is 15.2. The van der Waals surface area contributed by atoms with Crippen molar-refractivity contribution < 1.29 is 9.53 Å². The van der Waals surface area contributed by atoms with Crippen LogP contribution in [0.2, 0.25) is 0 Å². The second kappa shape index (κ2) is 7.61. The molecule has 0 bridgehead atoms. The Hall–Kier alpha value is -1.33. The molecule has 2 aromatic rings. The molecule has 0 aliphatic carbocycles. The van der Waals surface area contributed by atoms with Gasteiger partial charge in [-0.3, -0.25) is 4.79 Å². The van der Waals surface area contributed by atoms with Crippen LogP contribution in [0.25, 0.3) is 0 Å². The third-order valence-electron chi connectivity index (χ3n) is 2.87. The first-order valence-electron chi connectivity index (χ1n) is 6.55. The predicted octanol–water partition coefficient (Wildman–Crippen LogP) is 4.79. The van der Waals surface area contributed by atoms with Crippen molar-refractivity contribution in [2.24, 2.45) is 0 Å². The number of amides is 1. The van der Waals surface area contributed by atoms with Crippen LogP contribution < -0.4 is 10.1 Å². The highest BCUT2D eigenvalue weighted by molar-refractivity contribution is 9.10.